The number of benzene rings is 1. The normalized spacial score (nSPS) is 20.8. The summed E-state index contributed by atoms with van der Waals surface area (Å²) in [6, 6.07) is 9.59. The summed E-state index contributed by atoms with van der Waals surface area (Å²) in [5.41, 5.74) is 1.02. The third-order valence-electron chi connectivity index (χ3n) is 4.68. The van der Waals surface area contributed by atoms with E-state index in [9.17, 15) is 9.59 Å². The Bertz CT molecular complexity index is 574. The largest absolute Gasteiger partial charge is 0.349 e. The highest BCUT2D eigenvalue weighted by Gasteiger charge is 2.40. The maximum atomic E-state index is 12.3. The average molecular weight is 332 g/mol. The molecule has 0 saturated carbocycles. The van der Waals surface area contributed by atoms with Crippen LogP contribution >= 0.6 is 0 Å². The van der Waals surface area contributed by atoms with E-state index in [1.165, 1.54) is 0 Å². The number of hydrogen-bond donors (Lipinski definition) is 1. The van der Waals surface area contributed by atoms with Crippen molar-refractivity contribution in [3.63, 3.8) is 0 Å². The summed E-state index contributed by atoms with van der Waals surface area (Å²) in [5.74, 6) is -0.883. The van der Waals surface area contributed by atoms with Crippen molar-refractivity contribution in [3.8, 4) is 0 Å². The molecule has 2 fully saturated rings. The van der Waals surface area contributed by atoms with Gasteiger partial charge in [0, 0.05) is 25.9 Å². The van der Waals surface area contributed by atoms with Crippen LogP contribution in [0.15, 0.2) is 30.3 Å². The lowest BCUT2D eigenvalue weighted by Gasteiger charge is -2.37. The predicted octanol–water partition coefficient (Wildman–Crippen LogP) is 1.62. The first-order chi connectivity index (χ1) is 11.6. The molecule has 6 heteroatoms. The van der Waals surface area contributed by atoms with Gasteiger partial charge in [-0.1, -0.05) is 30.3 Å². The van der Waals surface area contributed by atoms with Crippen molar-refractivity contribution in [1.29, 1.82) is 0 Å². The zero-order chi connectivity index (χ0) is 17.0. The molecule has 1 N–H and O–H groups in total. The smallest absolute Gasteiger partial charge is 0.232 e. The van der Waals surface area contributed by atoms with Crippen LogP contribution < -0.4 is 5.32 Å². The van der Waals surface area contributed by atoms with Crippen LogP contribution in [0.2, 0.25) is 0 Å². The number of carbonyl (C=O) groups excluding carboxylic acids is 2. The summed E-state index contributed by atoms with van der Waals surface area (Å²) in [6.45, 7) is 4.29. The van der Waals surface area contributed by atoms with Crippen molar-refractivity contribution in [2.75, 3.05) is 26.3 Å². The molecule has 0 aromatic heterocycles. The van der Waals surface area contributed by atoms with E-state index in [0.29, 0.717) is 39.1 Å². The summed E-state index contributed by atoms with van der Waals surface area (Å²) in [4.78, 5) is 26.2. The number of nitrogens with one attached hydrogen (secondary N) is 1. The molecule has 2 aliphatic rings. The van der Waals surface area contributed by atoms with Crippen molar-refractivity contribution in [3.05, 3.63) is 35.9 Å². The van der Waals surface area contributed by atoms with Gasteiger partial charge in [-0.15, -0.1) is 0 Å². The molecule has 1 aromatic carbocycles. The highest BCUT2D eigenvalue weighted by molar-refractivity contribution is 5.97. The van der Waals surface area contributed by atoms with Gasteiger partial charge in [-0.2, -0.15) is 0 Å². The van der Waals surface area contributed by atoms with Gasteiger partial charge in [-0.05, 0) is 12.5 Å². The molecular formula is C18H24N2O4. The fourth-order valence-corrected chi connectivity index (χ4v) is 3.25. The molecule has 3 rings (SSSR count). The SMILES string of the molecule is CC(NC(=O)CC(=O)N1CCC2(CC1)OCCO2)c1ccccc1. The highest BCUT2D eigenvalue weighted by Crippen LogP contribution is 2.31. The lowest BCUT2D eigenvalue weighted by Crippen LogP contribution is -2.48. The van der Waals surface area contributed by atoms with Crippen molar-refractivity contribution in [2.45, 2.75) is 38.0 Å². The van der Waals surface area contributed by atoms with Gasteiger partial charge in [-0.25, -0.2) is 0 Å². The molecule has 130 valence electrons. The molecule has 0 aliphatic carbocycles. The number of nitrogens with zero attached hydrogens (tertiary/aromatic N) is 1. The number of amides is 2. The summed E-state index contributed by atoms with van der Waals surface area (Å²) >= 11 is 0. The van der Waals surface area contributed by atoms with E-state index in [1.54, 1.807) is 4.90 Å². The van der Waals surface area contributed by atoms with Gasteiger partial charge < -0.3 is 19.7 Å². The van der Waals surface area contributed by atoms with Gasteiger partial charge in [-0.3, -0.25) is 9.59 Å². The minimum absolute atomic E-state index is 0.114. The zero-order valence-electron chi connectivity index (χ0n) is 14.0. The fraction of sp³-hybridized carbons (Fsp3) is 0.556. The molecule has 6 nitrogen and oxygen atoms in total. The van der Waals surface area contributed by atoms with Gasteiger partial charge in [0.15, 0.2) is 5.79 Å². The predicted molar refractivity (Wildman–Crippen MR) is 88.1 cm³/mol. The molecule has 0 radical (unpaired) electrons. The van der Waals surface area contributed by atoms with E-state index in [4.69, 9.17) is 9.47 Å². The number of carbonyl (C=O) groups is 2. The second kappa shape index (κ2) is 7.32. The van der Waals surface area contributed by atoms with Crippen LogP contribution in [0.1, 0.15) is 37.8 Å². The minimum atomic E-state index is -0.499. The van der Waals surface area contributed by atoms with E-state index < -0.39 is 5.79 Å². The summed E-state index contributed by atoms with van der Waals surface area (Å²) in [6.07, 6.45) is 1.22. The van der Waals surface area contributed by atoms with Gasteiger partial charge in [0.2, 0.25) is 11.8 Å². The van der Waals surface area contributed by atoms with E-state index >= 15 is 0 Å². The molecule has 2 saturated heterocycles. The fourth-order valence-electron chi connectivity index (χ4n) is 3.25. The van der Waals surface area contributed by atoms with E-state index in [-0.39, 0.29) is 24.3 Å². The first-order valence-corrected chi connectivity index (χ1v) is 8.48. The van der Waals surface area contributed by atoms with Crippen LogP contribution in [0.25, 0.3) is 0 Å². The molecule has 2 aliphatic heterocycles. The monoisotopic (exact) mass is 332 g/mol. The zero-order valence-corrected chi connectivity index (χ0v) is 14.0. The maximum absolute atomic E-state index is 12.3. The van der Waals surface area contributed by atoms with Gasteiger partial charge in [0.1, 0.15) is 6.42 Å². The Kier molecular flexibility index (Phi) is 5.16. The number of ether oxygens (including phenoxy) is 2. The Morgan fingerprint density at radius 3 is 2.42 bits per heavy atom. The molecule has 24 heavy (non-hydrogen) atoms. The quantitative estimate of drug-likeness (QED) is 0.851. The second-order valence-electron chi connectivity index (χ2n) is 6.37. The Labute approximate surface area is 142 Å². The van der Waals surface area contributed by atoms with E-state index in [2.05, 4.69) is 5.32 Å². The number of hydrogen-bond acceptors (Lipinski definition) is 4. The van der Waals surface area contributed by atoms with E-state index in [1.807, 2.05) is 37.3 Å². The standard InChI is InChI=1S/C18H24N2O4/c1-14(15-5-3-2-4-6-15)19-16(21)13-17(22)20-9-7-18(8-10-20)23-11-12-24-18/h2-6,14H,7-13H2,1H3,(H,19,21). The van der Waals surface area contributed by atoms with Gasteiger partial charge in [0.05, 0.1) is 19.3 Å². The van der Waals surface area contributed by atoms with Crippen LogP contribution in [0, 0.1) is 0 Å². The molecule has 1 aromatic rings. The third kappa shape index (κ3) is 3.94. The topological polar surface area (TPSA) is 67.9 Å². The molecular weight excluding hydrogens is 308 g/mol. The minimum Gasteiger partial charge on any atom is -0.349 e. The van der Waals surface area contributed by atoms with Gasteiger partial charge >= 0.3 is 0 Å². The third-order valence-corrected chi connectivity index (χ3v) is 4.68. The van der Waals surface area contributed by atoms with Crippen LogP contribution in [-0.4, -0.2) is 48.8 Å². The average Bonchev–Trinajstić information content (AvgIpc) is 3.04. The Morgan fingerprint density at radius 1 is 1.17 bits per heavy atom. The van der Waals surface area contributed by atoms with Crippen LogP contribution in [0.4, 0.5) is 0 Å². The van der Waals surface area contributed by atoms with Crippen molar-refractivity contribution < 1.29 is 19.1 Å². The molecule has 0 bridgehead atoms. The molecule has 1 atom stereocenters. The number of likely N-dealkylation sites (tertiary alicyclic amines) is 1. The Balaban J connectivity index is 1.45. The first kappa shape index (κ1) is 16.9. The van der Waals surface area contributed by atoms with Crippen molar-refractivity contribution >= 4 is 11.8 Å². The summed E-state index contributed by atoms with van der Waals surface area (Å²) in [7, 11) is 0. The van der Waals surface area contributed by atoms with Gasteiger partial charge in [0.25, 0.3) is 0 Å². The number of piperidine rings is 1. The molecule has 2 heterocycles. The molecule has 1 unspecified atom stereocenters. The van der Waals surface area contributed by atoms with E-state index in [0.717, 1.165) is 5.56 Å². The Morgan fingerprint density at radius 2 is 1.79 bits per heavy atom. The summed E-state index contributed by atoms with van der Waals surface area (Å²) < 4.78 is 11.3. The van der Waals surface area contributed by atoms with Crippen molar-refractivity contribution in [2.24, 2.45) is 0 Å². The van der Waals surface area contributed by atoms with Crippen LogP contribution in [0.5, 0.6) is 0 Å². The summed E-state index contributed by atoms with van der Waals surface area (Å²) in [5, 5.41) is 2.88. The second-order valence-corrected chi connectivity index (χ2v) is 6.37. The lowest BCUT2D eigenvalue weighted by atomic mass is 10.0. The van der Waals surface area contributed by atoms with Crippen molar-refractivity contribution in [1.82, 2.24) is 10.2 Å². The molecule has 1 spiro atoms. The highest BCUT2D eigenvalue weighted by atomic mass is 16.7. The Hall–Kier alpha value is -1.92. The maximum Gasteiger partial charge on any atom is 0.232 e. The number of rotatable bonds is 4. The first-order valence-electron chi connectivity index (χ1n) is 8.48. The van der Waals surface area contributed by atoms with Crippen LogP contribution in [-0.2, 0) is 19.1 Å². The lowest BCUT2D eigenvalue weighted by molar-refractivity contribution is -0.187. The molecule has 2 amide bonds. The van der Waals surface area contributed by atoms with Crippen LogP contribution in [0.3, 0.4) is 0 Å².